The number of ether oxygens (including phenoxy) is 1. The van der Waals surface area contributed by atoms with Gasteiger partial charge in [0, 0.05) is 18.3 Å². The lowest BCUT2D eigenvalue weighted by Crippen LogP contribution is -2.39. The van der Waals surface area contributed by atoms with Crippen molar-refractivity contribution in [3.63, 3.8) is 0 Å². The SMILES string of the molecule is CCCOC(=O)N1CCC(S)CC1. The smallest absolute Gasteiger partial charge is 0.409 e. The van der Waals surface area contributed by atoms with E-state index in [1.54, 1.807) is 4.90 Å². The van der Waals surface area contributed by atoms with Crippen molar-refractivity contribution in [2.24, 2.45) is 0 Å². The Morgan fingerprint density at radius 3 is 2.69 bits per heavy atom. The molecule has 0 unspecified atom stereocenters. The zero-order valence-corrected chi connectivity index (χ0v) is 8.93. The van der Waals surface area contributed by atoms with Crippen molar-refractivity contribution in [1.29, 1.82) is 0 Å². The fraction of sp³-hybridized carbons (Fsp3) is 0.889. The van der Waals surface area contributed by atoms with Gasteiger partial charge >= 0.3 is 6.09 Å². The molecule has 0 radical (unpaired) electrons. The molecule has 13 heavy (non-hydrogen) atoms. The number of rotatable bonds is 2. The minimum Gasteiger partial charge on any atom is -0.449 e. The summed E-state index contributed by atoms with van der Waals surface area (Å²) in [5.74, 6) is 0. The van der Waals surface area contributed by atoms with Crippen molar-refractivity contribution in [1.82, 2.24) is 4.90 Å². The summed E-state index contributed by atoms with van der Waals surface area (Å²) in [6.07, 6.45) is 2.67. The first-order valence-corrected chi connectivity index (χ1v) is 5.35. The van der Waals surface area contributed by atoms with Crippen molar-refractivity contribution in [2.45, 2.75) is 31.4 Å². The van der Waals surface area contributed by atoms with Gasteiger partial charge in [0.2, 0.25) is 0 Å². The highest BCUT2D eigenvalue weighted by Gasteiger charge is 2.21. The van der Waals surface area contributed by atoms with Crippen molar-refractivity contribution < 1.29 is 9.53 Å². The van der Waals surface area contributed by atoms with Gasteiger partial charge in [-0.2, -0.15) is 12.6 Å². The van der Waals surface area contributed by atoms with E-state index in [1.165, 1.54) is 0 Å². The Kier molecular flexibility index (Phi) is 4.42. The Morgan fingerprint density at radius 1 is 1.54 bits per heavy atom. The van der Waals surface area contributed by atoms with Crippen molar-refractivity contribution in [3.8, 4) is 0 Å². The van der Waals surface area contributed by atoms with Gasteiger partial charge in [0.15, 0.2) is 0 Å². The van der Waals surface area contributed by atoms with Crippen LogP contribution in [0.3, 0.4) is 0 Å². The Hall–Kier alpha value is -0.380. The van der Waals surface area contributed by atoms with Crippen LogP contribution < -0.4 is 0 Å². The highest BCUT2D eigenvalue weighted by molar-refractivity contribution is 7.80. The molecule has 1 rings (SSSR count). The Balaban J connectivity index is 2.23. The van der Waals surface area contributed by atoms with Gasteiger partial charge in [-0.15, -0.1) is 0 Å². The molecule has 4 heteroatoms. The number of piperidine rings is 1. The van der Waals surface area contributed by atoms with Gasteiger partial charge in [0.05, 0.1) is 6.61 Å². The molecular formula is C9H17NO2S. The van der Waals surface area contributed by atoms with Crippen LogP contribution in [-0.4, -0.2) is 35.9 Å². The van der Waals surface area contributed by atoms with E-state index in [-0.39, 0.29) is 6.09 Å². The van der Waals surface area contributed by atoms with E-state index in [1.807, 2.05) is 6.92 Å². The molecule has 3 nitrogen and oxygen atoms in total. The number of carbonyl (C=O) groups is 1. The maximum absolute atomic E-state index is 11.3. The molecule has 0 atom stereocenters. The largest absolute Gasteiger partial charge is 0.449 e. The third kappa shape index (κ3) is 3.46. The van der Waals surface area contributed by atoms with Gasteiger partial charge in [0.25, 0.3) is 0 Å². The molecule has 76 valence electrons. The molecule has 1 heterocycles. The molecule has 1 fully saturated rings. The number of hydrogen-bond acceptors (Lipinski definition) is 3. The van der Waals surface area contributed by atoms with E-state index in [9.17, 15) is 4.79 Å². The van der Waals surface area contributed by atoms with E-state index in [4.69, 9.17) is 4.74 Å². The van der Waals surface area contributed by atoms with Gasteiger partial charge in [-0.3, -0.25) is 0 Å². The second-order valence-corrected chi connectivity index (χ2v) is 4.06. The van der Waals surface area contributed by atoms with E-state index >= 15 is 0 Å². The first kappa shape index (κ1) is 10.7. The van der Waals surface area contributed by atoms with E-state index in [0.29, 0.717) is 11.9 Å². The van der Waals surface area contributed by atoms with Crippen LogP contribution in [0.1, 0.15) is 26.2 Å². The zero-order chi connectivity index (χ0) is 9.68. The first-order valence-electron chi connectivity index (χ1n) is 4.83. The predicted molar refractivity (Wildman–Crippen MR) is 55.2 cm³/mol. The van der Waals surface area contributed by atoms with Crippen LogP contribution in [0.25, 0.3) is 0 Å². The molecular weight excluding hydrogens is 186 g/mol. The summed E-state index contributed by atoms with van der Waals surface area (Å²) in [4.78, 5) is 13.1. The second kappa shape index (κ2) is 5.37. The lowest BCUT2D eigenvalue weighted by Gasteiger charge is -2.28. The number of thiol groups is 1. The third-order valence-corrected chi connectivity index (χ3v) is 2.67. The van der Waals surface area contributed by atoms with Crippen LogP contribution in [0, 0.1) is 0 Å². The summed E-state index contributed by atoms with van der Waals surface area (Å²) in [6, 6.07) is 0. The topological polar surface area (TPSA) is 29.5 Å². The average Bonchev–Trinajstić information content (AvgIpc) is 2.15. The number of hydrogen-bond donors (Lipinski definition) is 1. The third-order valence-electron chi connectivity index (χ3n) is 2.15. The van der Waals surface area contributed by atoms with Crippen LogP contribution in [0.15, 0.2) is 0 Å². The standard InChI is InChI=1S/C9H17NO2S/c1-2-7-12-9(11)10-5-3-8(13)4-6-10/h8,13H,2-7H2,1H3. The maximum atomic E-state index is 11.3. The molecule has 0 aromatic heterocycles. The molecule has 0 N–H and O–H groups in total. The summed E-state index contributed by atoms with van der Waals surface area (Å²) in [5.41, 5.74) is 0. The van der Waals surface area contributed by atoms with Crippen LogP contribution in [0.5, 0.6) is 0 Å². The van der Waals surface area contributed by atoms with Crippen molar-refractivity contribution in [3.05, 3.63) is 0 Å². The Morgan fingerprint density at radius 2 is 2.15 bits per heavy atom. The molecule has 1 aliphatic heterocycles. The molecule has 0 aromatic carbocycles. The van der Waals surface area contributed by atoms with Crippen molar-refractivity contribution in [2.75, 3.05) is 19.7 Å². The molecule has 0 bridgehead atoms. The fourth-order valence-electron chi connectivity index (χ4n) is 1.33. The van der Waals surface area contributed by atoms with E-state index in [0.717, 1.165) is 32.4 Å². The summed E-state index contributed by atoms with van der Waals surface area (Å²) in [5, 5.41) is 0.454. The summed E-state index contributed by atoms with van der Waals surface area (Å²) in [7, 11) is 0. The Bertz CT molecular complexity index is 167. The molecule has 1 saturated heterocycles. The lowest BCUT2D eigenvalue weighted by molar-refractivity contribution is 0.0960. The average molecular weight is 203 g/mol. The van der Waals surface area contributed by atoms with Crippen LogP contribution in [-0.2, 0) is 4.74 Å². The van der Waals surface area contributed by atoms with Crippen LogP contribution in [0.4, 0.5) is 4.79 Å². The highest BCUT2D eigenvalue weighted by atomic mass is 32.1. The molecule has 0 aromatic rings. The summed E-state index contributed by atoms with van der Waals surface area (Å²) in [6.45, 7) is 4.10. The maximum Gasteiger partial charge on any atom is 0.409 e. The highest BCUT2D eigenvalue weighted by Crippen LogP contribution is 2.15. The number of amides is 1. The summed E-state index contributed by atoms with van der Waals surface area (Å²) >= 11 is 4.36. The minimum atomic E-state index is -0.165. The summed E-state index contributed by atoms with van der Waals surface area (Å²) < 4.78 is 5.03. The number of likely N-dealkylation sites (tertiary alicyclic amines) is 1. The molecule has 0 spiro atoms. The van der Waals surface area contributed by atoms with Gasteiger partial charge in [0.1, 0.15) is 0 Å². The molecule has 1 amide bonds. The Labute approximate surface area is 84.8 Å². The van der Waals surface area contributed by atoms with E-state index in [2.05, 4.69) is 12.6 Å². The fourth-order valence-corrected chi connectivity index (χ4v) is 1.56. The number of carbonyl (C=O) groups excluding carboxylic acids is 1. The first-order chi connectivity index (χ1) is 6.24. The monoisotopic (exact) mass is 203 g/mol. The van der Waals surface area contributed by atoms with E-state index < -0.39 is 0 Å². The predicted octanol–water partition coefficient (Wildman–Crippen LogP) is 1.93. The van der Waals surface area contributed by atoms with Gasteiger partial charge in [-0.25, -0.2) is 4.79 Å². The lowest BCUT2D eigenvalue weighted by atomic mass is 10.1. The second-order valence-electron chi connectivity index (χ2n) is 3.33. The molecule has 1 aliphatic rings. The van der Waals surface area contributed by atoms with Gasteiger partial charge in [-0.05, 0) is 19.3 Å². The van der Waals surface area contributed by atoms with Gasteiger partial charge in [-0.1, -0.05) is 6.92 Å². The number of nitrogens with zero attached hydrogens (tertiary/aromatic N) is 1. The quantitative estimate of drug-likeness (QED) is 0.695. The van der Waals surface area contributed by atoms with Gasteiger partial charge < -0.3 is 9.64 Å². The minimum absolute atomic E-state index is 0.165. The van der Waals surface area contributed by atoms with Crippen LogP contribution >= 0.6 is 12.6 Å². The normalized spacial score (nSPS) is 18.8. The van der Waals surface area contributed by atoms with Crippen LogP contribution in [0.2, 0.25) is 0 Å². The molecule has 0 aliphatic carbocycles. The zero-order valence-electron chi connectivity index (χ0n) is 8.03. The van der Waals surface area contributed by atoms with Crippen molar-refractivity contribution >= 4 is 18.7 Å². The molecule has 0 saturated carbocycles.